The Morgan fingerprint density at radius 3 is 2.67 bits per heavy atom. The minimum absolute atomic E-state index is 0.166. The Morgan fingerprint density at radius 1 is 1.33 bits per heavy atom. The van der Waals surface area contributed by atoms with Gasteiger partial charge in [0.15, 0.2) is 6.10 Å². The second-order valence-corrected chi connectivity index (χ2v) is 4.89. The number of carbonyl (C=O) groups excluding carboxylic acids is 2. The van der Waals surface area contributed by atoms with E-state index in [0.29, 0.717) is 18.9 Å². The van der Waals surface area contributed by atoms with Gasteiger partial charge >= 0.3 is 5.97 Å². The second kappa shape index (κ2) is 8.29. The monoisotopic (exact) mass is 293 g/mol. The van der Waals surface area contributed by atoms with Crippen molar-refractivity contribution in [3.8, 4) is 5.75 Å². The average Bonchev–Trinajstić information content (AvgIpc) is 2.44. The molecular weight excluding hydrogens is 270 g/mol. The molecular formula is C16H23NO4. The normalized spacial score (nSPS) is 11.6. The molecule has 0 N–H and O–H groups in total. The van der Waals surface area contributed by atoms with Gasteiger partial charge in [0.1, 0.15) is 5.75 Å². The van der Waals surface area contributed by atoms with Crippen molar-refractivity contribution in [2.24, 2.45) is 0 Å². The average molecular weight is 293 g/mol. The predicted octanol–water partition coefficient (Wildman–Crippen LogP) is 2.17. The van der Waals surface area contributed by atoms with Crippen LogP contribution in [0, 0.1) is 6.92 Å². The molecule has 116 valence electrons. The molecule has 5 heteroatoms. The molecule has 1 rings (SSSR count). The summed E-state index contributed by atoms with van der Waals surface area (Å²) in [6.07, 6.45) is -0.410. The van der Waals surface area contributed by atoms with Crippen molar-refractivity contribution < 1.29 is 19.1 Å². The number of likely N-dealkylation sites (N-methyl/N-ethyl adjacent to an activating group) is 1. The Labute approximate surface area is 125 Å². The number of rotatable bonds is 7. The third kappa shape index (κ3) is 5.85. The highest BCUT2D eigenvalue weighted by Gasteiger charge is 2.19. The van der Waals surface area contributed by atoms with Crippen LogP contribution in [0.3, 0.4) is 0 Å². The van der Waals surface area contributed by atoms with Crippen LogP contribution in [0.1, 0.15) is 25.8 Å². The Morgan fingerprint density at radius 2 is 2.05 bits per heavy atom. The molecule has 0 saturated heterocycles. The van der Waals surface area contributed by atoms with Crippen molar-refractivity contribution in [2.75, 3.05) is 20.2 Å². The van der Waals surface area contributed by atoms with Crippen molar-refractivity contribution in [2.45, 2.75) is 33.3 Å². The first kappa shape index (κ1) is 17.0. The summed E-state index contributed by atoms with van der Waals surface area (Å²) < 4.78 is 10.5. The van der Waals surface area contributed by atoms with Crippen LogP contribution < -0.4 is 4.74 Å². The topological polar surface area (TPSA) is 55.8 Å². The van der Waals surface area contributed by atoms with E-state index in [1.165, 1.54) is 4.90 Å². The van der Waals surface area contributed by atoms with Gasteiger partial charge in [-0.05, 0) is 38.5 Å². The first-order valence-corrected chi connectivity index (χ1v) is 7.08. The second-order valence-electron chi connectivity index (χ2n) is 4.89. The fourth-order valence-electron chi connectivity index (χ4n) is 1.86. The van der Waals surface area contributed by atoms with Gasteiger partial charge in [-0.15, -0.1) is 0 Å². The predicted molar refractivity (Wildman–Crippen MR) is 80.2 cm³/mol. The molecule has 21 heavy (non-hydrogen) atoms. The van der Waals surface area contributed by atoms with Crippen LogP contribution in [0.4, 0.5) is 0 Å². The van der Waals surface area contributed by atoms with Crippen LogP contribution in [0.2, 0.25) is 0 Å². The van der Waals surface area contributed by atoms with Crippen LogP contribution >= 0.6 is 0 Å². The van der Waals surface area contributed by atoms with E-state index in [4.69, 9.17) is 9.47 Å². The minimum Gasteiger partial charge on any atom is -0.481 e. The SMILES string of the molecule is CCOC(=O)CCN(C)C(=O)C(C)Oc1cccc(C)c1. The summed E-state index contributed by atoms with van der Waals surface area (Å²) in [7, 11) is 1.65. The molecule has 0 radical (unpaired) electrons. The summed E-state index contributed by atoms with van der Waals surface area (Å²) in [5.41, 5.74) is 1.07. The smallest absolute Gasteiger partial charge is 0.307 e. The zero-order chi connectivity index (χ0) is 15.8. The summed E-state index contributed by atoms with van der Waals surface area (Å²) >= 11 is 0. The number of amides is 1. The molecule has 0 aliphatic carbocycles. The van der Waals surface area contributed by atoms with Crippen LogP contribution in [-0.2, 0) is 14.3 Å². The highest BCUT2D eigenvalue weighted by atomic mass is 16.5. The van der Waals surface area contributed by atoms with Crippen LogP contribution in [-0.4, -0.2) is 43.1 Å². The Hall–Kier alpha value is -2.04. The third-order valence-corrected chi connectivity index (χ3v) is 2.98. The molecule has 0 aliphatic heterocycles. The molecule has 0 aliphatic rings. The van der Waals surface area contributed by atoms with Gasteiger partial charge in [0.2, 0.25) is 0 Å². The maximum Gasteiger partial charge on any atom is 0.307 e. The summed E-state index contributed by atoms with van der Waals surface area (Å²) in [6.45, 7) is 6.09. The van der Waals surface area contributed by atoms with Crippen LogP contribution in [0.15, 0.2) is 24.3 Å². The van der Waals surface area contributed by atoms with Crippen LogP contribution in [0.25, 0.3) is 0 Å². The lowest BCUT2D eigenvalue weighted by molar-refractivity contribution is -0.144. The molecule has 0 aromatic heterocycles. The molecule has 0 heterocycles. The van der Waals surface area contributed by atoms with Crippen molar-refractivity contribution in [1.29, 1.82) is 0 Å². The van der Waals surface area contributed by atoms with Gasteiger partial charge in [-0.25, -0.2) is 0 Å². The molecule has 0 spiro atoms. The van der Waals surface area contributed by atoms with Crippen LogP contribution in [0.5, 0.6) is 5.75 Å². The fourth-order valence-corrected chi connectivity index (χ4v) is 1.86. The van der Waals surface area contributed by atoms with Crippen molar-refractivity contribution >= 4 is 11.9 Å². The molecule has 5 nitrogen and oxygen atoms in total. The van der Waals surface area contributed by atoms with Crippen molar-refractivity contribution in [3.63, 3.8) is 0 Å². The molecule has 1 aromatic rings. The number of nitrogens with zero attached hydrogens (tertiary/aromatic N) is 1. The first-order chi connectivity index (χ1) is 9.93. The zero-order valence-corrected chi connectivity index (χ0v) is 13.1. The summed E-state index contributed by atoms with van der Waals surface area (Å²) in [4.78, 5) is 24.9. The van der Waals surface area contributed by atoms with Gasteiger partial charge in [-0.2, -0.15) is 0 Å². The van der Waals surface area contributed by atoms with E-state index >= 15 is 0 Å². The number of aryl methyl sites for hydroxylation is 1. The van der Waals surface area contributed by atoms with E-state index in [9.17, 15) is 9.59 Å². The molecule has 0 saturated carbocycles. The molecule has 1 amide bonds. The lowest BCUT2D eigenvalue weighted by Crippen LogP contribution is -2.39. The van der Waals surface area contributed by atoms with Crippen molar-refractivity contribution in [3.05, 3.63) is 29.8 Å². The Kier molecular flexibility index (Phi) is 6.72. The van der Waals surface area contributed by atoms with E-state index in [0.717, 1.165) is 5.56 Å². The largest absolute Gasteiger partial charge is 0.481 e. The van der Waals surface area contributed by atoms with E-state index in [2.05, 4.69) is 0 Å². The standard InChI is InChI=1S/C16H23NO4/c1-5-20-15(18)9-10-17(4)16(19)13(3)21-14-8-6-7-12(2)11-14/h6-8,11,13H,5,9-10H2,1-4H3. The third-order valence-electron chi connectivity index (χ3n) is 2.98. The molecule has 1 aromatic carbocycles. The maximum absolute atomic E-state index is 12.2. The number of ether oxygens (including phenoxy) is 2. The maximum atomic E-state index is 12.2. The molecule has 0 fully saturated rings. The molecule has 1 atom stereocenters. The van der Waals surface area contributed by atoms with Gasteiger partial charge in [0.05, 0.1) is 13.0 Å². The first-order valence-electron chi connectivity index (χ1n) is 7.08. The van der Waals surface area contributed by atoms with Gasteiger partial charge in [0, 0.05) is 13.6 Å². The Balaban J connectivity index is 2.47. The fraction of sp³-hybridized carbons (Fsp3) is 0.500. The van der Waals surface area contributed by atoms with Crippen molar-refractivity contribution in [1.82, 2.24) is 4.90 Å². The molecule has 1 unspecified atom stereocenters. The van der Waals surface area contributed by atoms with Gasteiger partial charge < -0.3 is 14.4 Å². The lowest BCUT2D eigenvalue weighted by atomic mass is 10.2. The van der Waals surface area contributed by atoms with E-state index < -0.39 is 6.10 Å². The lowest BCUT2D eigenvalue weighted by Gasteiger charge is -2.22. The summed E-state index contributed by atoms with van der Waals surface area (Å²) in [5, 5.41) is 0. The number of benzene rings is 1. The summed E-state index contributed by atoms with van der Waals surface area (Å²) in [5.74, 6) is 0.194. The number of hydrogen-bond donors (Lipinski definition) is 0. The van der Waals surface area contributed by atoms with Gasteiger partial charge in [-0.3, -0.25) is 9.59 Å². The van der Waals surface area contributed by atoms with Gasteiger partial charge in [0.25, 0.3) is 5.91 Å². The van der Waals surface area contributed by atoms with E-state index in [1.54, 1.807) is 20.9 Å². The minimum atomic E-state index is -0.598. The molecule has 0 bridgehead atoms. The van der Waals surface area contributed by atoms with Gasteiger partial charge in [-0.1, -0.05) is 12.1 Å². The number of carbonyl (C=O) groups is 2. The zero-order valence-electron chi connectivity index (χ0n) is 13.1. The number of esters is 1. The highest BCUT2D eigenvalue weighted by molar-refractivity contribution is 5.81. The quantitative estimate of drug-likeness (QED) is 0.723. The highest BCUT2D eigenvalue weighted by Crippen LogP contribution is 2.14. The van der Waals surface area contributed by atoms with E-state index in [1.807, 2.05) is 31.2 Å². The Bertz CT molecular complexity index is 487. The summed E-state index contributed by atoms with van der Waals surface area (Å²) in [6, 6.07) is 7.54. The van der Waals surface area contributed by atoms with E-state index in [-0.39, 0.29) is 18.3 Å². The number of hydrogen-bond acceptors (Lipinski definition) is 4.